The third-order valence-electron chi connectivity index (χ3n) is 3.69. The molecule has 1 N–H and O–H groups in total. The van der Waals surface area contributed by atoms with Gasteiger partial charge >= 0.3 is 0 Å². The summed E-state index contributed by atoms with van der Waals surface area (Å²) in [5.41, 5.74) is 2.81. The SMILES string of the molecule is CCCNC(=O)c1nc(-c2cccc(C)c2)n(-c2ccc(Cl)cc2)n1. The predicted octanol–water partition coefficient (Wildman–Crippen LogP) is 4.04. The van der Waals surface area contributed by atoms with Gasteiger partial charge in [-0.1, -0.05) is 42.3 Å². The van der Waals surface area contributed by atoms with E-state index in [1.165, 1.54) is 0 Å². The van der Waals surface area contributed by atoms with E-state index in [0.717, 1.165) is 23.2 Å². The van der Waals surface area contributed by atoms with Crippen LogP contribution in [0.1, 0.15) is 29.5 Å². The number of rotatable bonds is 5. The van der Waals surface area contributed by atoms with E-state index in [2.05, 4.69) is 15.4 Å². The average Bonchev–Trinajstić information content (AvgIpc) is 3.06. The summed E-state index contributed by atoms with van der Waals surface area (Å²) in [5, 5.41) is 7.87. The van der Waals surface area contributed by atoms with Gasteiger partial charge in [0.2, 0.25) is 5.82 Å². The van der Waals surface area contributed by atoms with Gasteiger partial charge < -0.3 is 5.32 Å². The van der Waals surface area contributed by atoms with E-state index in [9.17, 15) is 4.79 Å². The summed E-state index contributed by atoms with van der Waals surface area (Å²) in [6.45, 7) is 4.60. The first-order chi connectivity index (χ1) is 12.1. The number of benzene rings is 2. The van der Waals surface area contributed by atoms with Gasteiger partial charge in [0.25, 0.3) is 5.91 Å². The highest BCUT2D eigenvalue weighted by Gasteiger charge is 2.18. The van der Waals surface area contributed by atoms with Crippen LogP contribution in [0.5, 0.6) is 0 Å². The van der Waals surface area contributed by atoms with E-state index in [1.807, 2.05) is 50.2 Å². The third-order valence-corrected chi connectivity index (χ3v) is 3.95. The number of hydrogen-bond acceptors (Lipinski definition) is 3. The van der Waals surface area contributed by atoms with Crippen LogP contribution >= 0.6 is 11.6 Å². The molecule has 0 fully saturated rings. The molecule has 0 spiro atoms. The molecule has 0 unspecified atom stereocenters. The van der Waals surface area contributed by atoms with Crippen LogP contribution < -0.4 is 5.32 Å². The van der Waals surface area contributed by atoms with E-state index in [-0.39, 0.29) is 11.7 Å². The van der Waals surface area contributed by atoms with Crippen molar-refractivity contribution in [3.63, 3.8) is 0 Å². The van der Waals surface area contributed by atoms with Crippen LogP contribution in [0.2, 0.25) is 5.02 Å². The Bertz CT molecular complexity index is 887. The number of aromatic nitrogens is 3. The highest BCUT2D eigenvalue weighted by Crippen LogP contribution is 2.23. The van der Waals surface area contributed by atoms with Crippen molar-refractivity contribution in [2.75, 3.05) is 6.54 Å². The molecule has 2 aromatic carbocycles. The summed E-state index contributed by atoms with van der Waals surface area (Å²) < 4.78 is 1.67. The first-order valence-corrected chi connectivity index (χ1v) is 8.54. The standard InChI is InChI=1S/C19H19ClN4O/c1-3-11-21-19(25)17-22-18(14-6-4-5-13(2)12-14)24(23-17)16-9-7-15(20)8-10-16/h4-10,12H,3,11H2,1-2H3,(H,21,25). The van der Waals surface area contributed by atoms with Gasteiger partial charge in [-0.2, -0.15) is 0 Å². The van der Waals surface area contributed by atoms with Gasteiger partial charge in [0.1, 0.15) is 0 Å². The summed E-state index contributed by atoms with van der Waals surface area (Å²) >= 11 is 5.98. The number of hydrogen-bond donors (Lipinski definition) is 1. The summed E-state index contributed by atoms with van der Waals surface area (Å²) in [6, 6.07) is 15.2. The molecular weight excluding hydrogens is 336 g/mol. The van der Waals surface area contributed by atoms with Crippen molar-refractivity contribution in [1.82, 2.24) is 20.1 Å². The van der Waals surface area contributed by atoms with Gasteiger partial charge in [-0.3, -0.25) is 4.79 Å². The highest BCUT2D eigenvalue weighted by molar-refractivity contribution is 6.30. The summed E-state index contributed by atoms with van der Waals surface area (Å²) in [5.74, 6) is 0.496. The minimum absolute atomic E-state index is 0.153. The molecule has 6 heteroatoms. The van der Waals surface area contributed by atoms with E-state index in [1.54, 1.807) is 16.8 Å². The molecule has 128 valence electrons. The summed E-state index contributed by atoms with van der Waals surface area (Å²) in [6.07, 6.45) is 0.856. The maximum Gasteiger partial charge on any atom is 0.290 e. The first kappa shape index (κ1) is 17.2. The lowest BCUT2D eigenvalue weighted by Gasteiger charge is -2.06. The first-order valence-electron chi connectivity index (χ1n) is 8.16. The molecule has 0 bridgehead atoms. The van der Waals surface area contributed by atoms with Gasteiger partial charge in [0.15, 0.2) is 5.82 Å². The number of nitrogens with one attached hydrogen (secondary N) is 1. The second-order valence-corrected chi connectivity index (χ2v) is 6.21. The van der Waals surface area contributed by atoms with Crippen LogP contribution in [0.3, 0.4) is 0 Å². The minimum atomic E-state index is -0.275. The largest absolute Gasteiger partial charge is 0.349 e. The molecule has 1 amide bonds. The fraction of sp³-hybridized carbons (Fsp3) is 0.211. The van der Waals surface area contributed by atoms with Crippen LogP contribution in [-0.2, 0) is 0 Å². The van der Waals surface area contributed by atoms with Crippen LogP contribution in [-0.4, -0.2) is 27.2 Å². The summed E-state index contributed by atoms with van der Waals surface area (Å²) in [4.78, 5) is 16.8. The molecule has 25 heavy (non-hydrogen) atoms. The second kappa shape index (κ2) is 7.49. The molecule has 3 rings (SSSR count). The Morgan fingerprint density at radius 1 is 1.20 bits per heavy atom. The highest BCUT2D eigenvalue weighted by atomic mass is 35.5. The molecule has 1 aromatic heterocycles. The number of carbonyl (C=O) groups is 1. The number of halogens is 1. The number of carbonyl (C=O) groups excluding carboxylic acids is 1. The van der Waals surface area contributed by atoms with E-state index >= 15 is 0 Å². The Labute approximate surface area is 151 Å². The quantitative estimate of drug-likeness (QED) is 0.752. The van der Waals surface area contributed by atoms with Crippen LogP contribution in [0, 0.1) is 6.92 Å². The van der Waals surface area contributed by atoms with Gasteiger partial charge in [-0.05, 0) is 43.7 Å². The lowest BCUT2D eigenvalue weighted by molar-refractivity contribution is 0.0943. The van der Waals surface area contributed by atoms with Crippen LogP contribution in [0.25, 0.3) is 17.1 Å². The predicted molar refractivity (Wildman–Crippen MR) is 99.2 cm³/mol. The van der Waals surface area contributed by atoms with Crippen molar-refractivity contribution in [2.24, 2.45) is 0 Å². The molecule has 0 atom stereocenters. The van der Waals surface area contributed by atoms with E-state index in [4.69, 9.17) is 11.6 Å². The molecule has 0 aliphatic heterocycles. The Balaban J connectivity index is 2.09. The van der Waals surface area contributed by atoms with Crippen LogP contribution in [0.15, 0.2) is 48.5 Å². The Hall–Kier alpha value is -2.66. The second-order valence-electron chi connectivity index (χ2n) is 5.77. The van der Waals surface area contributed by atoms with Gasteiger partial charge in [0, 0.05) is 17.1 Å². The third kappa shape index (κ3) is 3.88. The van der Waals surface area contributed by atoms with Crippen molar-refractivity contribution in [3.8, 4) is 17.1 Å². The van der Waals surface area contributed by atoms with E-state index in [0.29, 0.717) is 17.4 Å². The maximum absolute atomic E-state index is 12.3. The zero-order chi connectivity index (χ0) is 17.8. The normalized spacial score (nSPS) is 10.7. The smallest absolute Gasteiger partial charge is 0.290 e. The molecule has 0 aliphatic carbocycles. The molecule has 3 aromatic rings. The molecule has 0 saturated carbocycles. The molecule has 0 radical (unpaired) electrons. The average molecular weight is 355 g/mol. The van der Waals surface area contributed by atoms with Crippen molar-refractivity contribution in [1.29, 1.82) is 0 Å². The van der Waals surface area contributed by atoms with Crippen molar-refractivity contribution < 1.29 is 4.79 Å². The molecule has 1 heterocycles. The van der Waals surface area contributed by atoms with Crippen molar-refractivity contribution >= 4 is 17.5 Å². The monoisotopic (exact) mass is 354 g/mol. The lowest BCUT2D eigenvalue weighted by atomic mass is 10.1. The number of aryl methyl sites for hydroxylation is 1. The zero-order valence-corrected chi connectivity index (χ0v) is 14.9. The molecular formula is C19H19ClN4O. The lowest BCUT2D eigenvalue weighted by Crippen LogP contribution is -2.25. The molecule has 0 aliphatic rings. The maximum atomic E-state index is 12.3. The number of nitrogens with zero attached hydrogens (tertiary/aromatic N) is 3. The Kier molecular flexibility index (Phi) is 5.14. The Morgan fingerprint density at radius 2 is 1.96 bits per heavy atom. The van der Waals surface area contributed by atoms with Gasteiger partial charge in [-0.25, -0.2) is 9.67 Å². The van der Waals surface area contributed by atoms with Crippen molar-refractivity contribution in [2.45, 2.75) is 20.3 Å². The van der Waals surface area contributed by atoms with Gasteiger partial charge in [0.05, 0.1) is 5.69 Å². The van der Waals surface area contributed by atoms with Crippen LogP contribution in [0.4, 0.5) is 0 Å². The fourth-order valence-electron chi connectivity index (χ4n) is 2.46. The Morgan fingerprint density at radius 3 is 2.64 bits per heavy atom. The molecule has 0 saturated heterocycles. The minimum Gasteiger partial charge on any atom is -0.349 e. The fourth-order valence-corrected chi connectivity index (χ4v) is 2.59. The van der Waals surface area contributed by atoms with Gasteiger partial charge in [-0.15, -0.1) is 5.10 Å². The molecule has 5 nitrogen and oxygen atoms in total. The summed E-state index contributed by atoms with van der Waals surface area (Å²) in [7, 11) is 0. The van der Waals surface area contributed by atoms with Crippen molar-refractivity contribution in [3.05, 3.63) is 64.9 Å². The zero-order valence-electron chi connectivity index (χ0n) is 14.2. The number of amides is 1. The van der Waals surface area contributed by atoms with E-state index < -0.39 is 0 Å². The topological polar surface area (TPSA) is 59.8 Å².